The van der Waals surface area contributed by atoms with Crippen LogP contribution in [0.15, 0.2) is 6.20 Å². The summed E-state index contributed by atoms with van der Waals surface area (Å²) in [5.74, 6) is 0. The Morgan fingerprint density at radius 2 is 2.23 bits per heavy atom. The van der Waals surface area contributed by atoms with Crippen molar-refractivity contribution in [2.45, 2.75) is 25.7 Å². The predicted octanol–water partition coefficient (Wildman–Crippen LogP) is 1.24. The number of hydrogen-bond acceptors (Lipinski definition) is 2. The monoisotopic (exact) mass is 178 g/mol. The number of aromatic nitrogens is 2. The summed E-state index contributed by atoms with van der Waals surface area (Å²) in [5.41, 5.74) is 1.20. The van der Waals surface area contributed by atoms with Gasteiger partial charge in [-0.05, 0) is 32.4 Å². The summed E-state index contributed by atoms with van der Waals surface area (Å²) in [4.78, 5) is 2.53. The zero-order valence-corrected chi connectivity index (χ0v) is 7.92. The lowest BCUT2D eigenvalue weighted by Gasteiger charge is -2.25. The van der Waals surface area contributed by atoms with Crippen LogP contribution in [0.1, 0.15) is 24.8 Å². The number of nitrogens with zero attached hydrogens (tertiary/aromatic N) is 2. The SMILES string of the molecule is [c]1n[nH]cc1CCN1CCCCC1. The highest BCUT2D eigenvalue weighted by atomic mass is 15.1. The molecule has 3 nitrogen and oxygen atoms in total. The molecule has 2 rings (SSSR count). The minimum Gasteiger partial charge on any atom is -0.303 e. The van der Waals surface area contributed by atoms with Crippen LogP contribution in [-0.2, 0) is 6.42 Å². The van der Waals surface area contributed by atoms with Gasteiger partial charge in [-0.2, -0.15) is 5.10 Å². The maximum Gasteiger partial charge on any atom is 0.116 e. The first kappa shape index (κ1) is 8.75. The van der Waals surface area contributed by atoms with Gasteiger partial charge in [0.15, 0.2) is 0 Å². The molecule has 1 radical (unpaired) electrons. The molecule has 0 aliphatic carbocycles. The van der Waals surface area contributed by atoms with Gasteiger partial charge in [0.25, 0.3) is 0 Å². The topological polar surface area (TPSA) is 31.9 Å². The Morgan fingerprint density at radius 3 is 2.92 bits per heavy atom. The Balaban J connectivity index is 1.72. The second-order valence-electron chi connectivity index (χ2n) is 3.67. The van der Waals surface area contributed by atoms with Crippen LogP contribution >= 0.6 is 0 Å². The quantitative estimate of drug-likeness (QED) is 0.755. The summed E-state index contributed by atoms with van der Waals surface area (Å²) in [6.45, 7) is 3.71. The highest BCUT2D eigenvalue weighted by molar-refractivity contribution is 5.01. The van der Waals surface area contributed by atoms with Crippen molar-refractivity contribution in [3.8, 4) is 0 Å². The van der Waals surface area contributed by atoms with Gasteiger partial charge in [0.05, 0.1) is 0 Å². The molecule has 71 valence electrons. The fourth-order valence-electron chi connectivity index (χ4n) is 1.84. The van der Waals surface area contributed by atoms with E-state index in [1.807, 2.05) is 6.20 Å². The number of H-pyrrole nitrogens is 1. The highest BCUT2D eigenvalue weighted by Gasteiger charge is 2.09. The Kier molecular flexibility index (Phi) is 2.98. The fraction of sp³-hybridized carbons (Fsp3) is 0.700. The van der Waals surface area contributed by atoms with Crippen molar-refractivity contribution in [2.75, 3.05) is 19.6 Å². The summed E-state index contributed by atoms with van der Waals surface area (Å²) in [6, 6.07) is 0. The van der Waals surface area contributed by atoms with E-state index in [0.717, 1.165) is 13.0 Å². The van der Waals surface area contributed by atoms with E-state index in [-0.39, 0.29) is 0 Å². The van der Waals surface area contributed by atoms with Crippen molar-refractivity contribution in [3.05, 3.63) is 18.0 Å². The Morgan fingerprint density at radius 1 is 1.38 bits per heavy atom. The van der Waals surface area contributed by atoms with Crippen molar-refractivity contribution < 1.29 is 0 Å². The lowest BCUT2D eigenvalue weighted by molar-refractivity contribution is 0.231. The summed E-state index contributed by atoms with van der Waals surface area (Å²) in [6.07, 6.45) is 10.1. The minimum absolute atomic E-state index is 1.08. The third-order valence-corrected chi connectivity index (χ3v) is 2.65. The molecule has 13 heavy (non-hydrogen) atoms. The molecule has 2 heterocycles. The van der Waals surface area contributed by atoms with Gasteiger partial charge in [0.1, 0.15) is 6.20 Å². The molecule has 0 atom stereocenters. The van der Waals surface area contributed by atoms with E-state index in [2.05, 4.69) is 21.3 Å². The maximum absolute atomic E-state index is 3.82. The molecule has 0 aromatic carbocycles. The van der Waals surface area contributed by atoms with Gasteiger partial charge in [0.2, 0.25) is 0 Å². The molecular formula is C10H16N3. The van der Waals surface area contributed by atoms with Crippen molar-refractivity contribution >= 4 is 0 Å². The standard InChI is InChI=1S/C10H16N3/c1-2-5-13(6-3-1)7-4-10-8-11-12-9-10/h8H,1-7H2,(H,11,12). The van der Waals surface area contributed by atoms with E-state index in [1.165, 1.54) is 37.9 Å². The average Bonchev–Trinajstić information content (AvgIpc) is 2.69. The summed E-state index contributed by atoms with van der Waals surface area (Å²) < 4.78 is 0. The van der Waals surface area contributed by atoms with Crippen molar-refractivity contribution in [1.29, 1.82) is 0 Å². The number of aromatic amines is 1. The van der Waals surface area contributed by atoms with Gasteiger partial charge >= 0.3 is 0 Å². The summed E-state index contributed by atoms with van der Waals surface area (Å²) in [7, 11) is 0. The number of rotatable bonds is 3. The summed E-state index contributed by atoms with van der Waals surface area (Å²) >= 11 is 0. The van der Waals surface area contributed by atoms with E-state index in [4.69, 9.17) is 0 Å². The van der Waals surface area contributed by atoms with Crippen molar-refractivity contribution in [1.82, 2.24) is 15.1 Å². The number of nitrogens with one attached hydrogen (secondary N) is 1. The van der Waals surface area contributed by atoms with Crippen molar-refractivity contribution in [2.24, 2.45) is 0 Å². The van der Waals surface area contributed by atoms with Crippen LogP contribution in [0.4, 0.5) is 0 Å². The molecule has 0 spiro atoms. The fourth-order valence-corrected chi connectivity index (χ4v) is 1.84. The van der Waals surface area contributed by atoms with E-state index in [9.17, 15) is 0 Å². The van der Waals surface area contributed by atoms with Gasteiger partial charge in [0, 0.05) is 18.3 Å². The average molecular weight is 178 g/mol. The largest absolute Gasteiger partial charge is 0.303 e. The molecule has 0 saturated carbocycles. The number of likely N-dealkylation sites (tertiary alicyclic amines) is 1. The first-order valence-electron chi connectivity index (χ1n) is 5.08. The van der Waals surface area contributed by atoms with Crippen LogP contribution in [-0.4, -0.2) is 34.7 Å². The molecule has 1 N–H and O–H groups in total. The Bertz CT molecular complexity index is 224. The van der Waals surface area contributed by atoms with Crippen LogP contribution in [0, 0.1) is 6.20 Å². The molecule has 0 bridgehead atoms. The van der Waals surface area contributed by atoms with E-state index in [1.54, 1.807) is 0 Å². The zero-order valence-electron chi connectivity index (χ0n) is 7.92. The molecule has 1 aliphatic rings. The molecule has 0 unspecified atom stereocenters. The zero-order chi connectivity index (χ0) is 8.93. The molecule has 0 amide bonds. The van der Waals surface area contributed by atoms with E-state index in [0.29, 0.717) is 0 Å². The second-order valence-corrected chi connectivity index (χ2v) is 3.67. The van der Waals surface area contributed by atoms with Gasteiger partial charge in [-0.1, -0.05) is 6.42 Å². The molecule has 1 aromatic rings. The van der Waals surface area contributed by atoms with Gasteiger partial charge < -0.3 is 4.90 Å². The second kappa shape index (κ2) is 4.42. The molecule has 1 saturated heterocycles. The molecule has 1 aliphatic heterocycles. The minimum atomic E-state index is 1.08. The number of hydrogen-bond donors (Lipinski definition) is 1. The Hall–Kier alpha value is -0.830. The first-order valence-corrected chi connectivity index (χ1v) is 5.08. The number of piperidine rings is 1. The Labute approximate surface area is 79.1 Å². The predicted molar refractivity (Wildman–Crippen MR) is 51.4 cm³/mol. The lowest BCUT2D eigenvalue weighted by atomic mass is 10.1. The van der Waals surface area contributed by atoms with Crippen LogP contribution < -0.4 is 0 Å². The lowest BCUT2D eigenvalue weighted by Crippen LogP contribution is -2.31. The van der Waals surface area contributed by atoms with Crippen LogP contribution in [0.2, 0.25) is 0 Å². The summed E-state index contributed by atoms with van der Waals surface area (Å²) in [5, 5.41) is 6.61. The third kappa shape index (κ3) is 2.56. The van der Waals surface area contributed by atoms with Crippen LogP contribution in [0.3, 0.4) is 0 Å². The van der Waals surface area contributed by atoms with Gasteiger partial charge in [-0.15, -0.1) is 0 Å². The van der Waals surface area contributed by atoms with Crippen LogP contribution in [0.5, 0.6) is 0 Å². The van der Waals surface area contributed by atoms with E-state index >= 15 is 0 Å². The molecule has 1 fully saturated rings. The van der Waals surface area contributed by atoms with E-state index < -0.39 is 0 Å². The molecular weight excluding hydrogens is 162 g/mol. The normalized spacial score (nSPS) is 19.1. The van der Waals surface area contributed by atoms with Gasteiger partial charge in [-0.25, -0.2) is 0 Å². The first-order chi connectivity index (χ1) is 6.45. The molecule has 1 aromatic heterocycles. The van der Waals surface area contributed by atoms with Gasteiger partial charge in [-0.3, -0.25) is 5.10 Å². The van der Waals surface area contributed by atoms with Crippen molar-refractivity contribution in [3.63, 3.8) is 0 Å². The third-order valence-electron chi connectivity index (χ3n) is 2.65. The maximum atomic E-state index is 3.82. The molecule has 3 heteroatoms. The highest BCUT2D eigenvalue weighted by Crippen LogP contribution is 2.09. The smallest absolute Gasteiger partial charge is 0.116 e. The van der Waals surface area contributed by atoms with Crippen LogP contribution in [0.25, 0.3) is 0 Å².